The van der Waals surface area contributed by atoms with Crippen LogP contribution < -0.4 is 16.4 Å². The highest BCUT2D eigenvalue weighted by Crippen LogP contribution is 2.39. The number of esters is 1. The van der Waals surface area contributed by atoms with E-state index in [0.717, 1.165) is 11.1 Å². The van der Waals surface area contributed by atoms with E-state index in [4.69, 9.17) is 22.1 Å². The minimum absolute atomic E-state index is 0.274. The van der Waals surface area contributed by atoms with Crippen LogP contribution in [0.1, 0.15) is 40.9 Å². The molecule has 0 radical (unpaired) electrons. The van der Waals surface area contributed by atoms with Crippen LogP contribution in [-0.2, 0) is 15.1 Å². The quantitative estimate of drug-likeness (QED) is 0.356. The molecule has 0 fully saturated rings. The molecule has 0 unspecified atom stereocenters. The summed E-state index contributed by atoms with van der Waals surface area (Å²) in [4.78, 5) is 25.0. The number of benzene rings is 3. The predicted octanol–water partition coefficient (Wildman–Crippen LogP) is 5.25. The number of halogens is 1. The van der Waals surface area contributed by atoms with Crippen LogP contribution in [0.25, 0.3) is 11.3 Å². The number of nitrogens with one attached hydrogen (secondary N) is 2. The molecule has 0 atom stereocenters. The van der Waals surface area contributed by atoms with E-state index in [1.807, 2.05) is 56.3 Å². The van der Waals surface area contributed by atoms with E-state index in [2.05, 4.69) is 10.6 Å². The van der Waals surface area contributed by atoms with Gasteiger partial charge in [-0.3, -0.25) is 4.79 Å². The summed E-state index contributed by atoms with van der Waals surface area (Å²) in [5.74, 6) is -0.743. The Morgan fingerprint density at radius 3 is 2.39 bits per heavy atom. The fraction of sp³-hybridized carbons (Fsp3) is 0.154. The highest BCUT2D eigenvalue weighted by molar-refractivity contribution is 6.37. The number of nitrogens with two attached hydrogens (primary N) is 1. The number of hydrogen-bond acceptors (Lipinski definition) is 5. The van der Waals surface area contributed by atoms with Gasteiger partial charge in [-0.15, -0.1) is 0 Å². The van der Waals surface area contributed by atoms with Gasteiger partial charge >= 0.3 is 5.97 Å². The second kappa shape index (κ2) is 8.73. The van der Waals surface area contributed by atoms with Gasteiger partial charge in [0.1, 0.15) is 0 Å². The van der Waals surface area contributed by atoms with Gasteiger partial charge in [-0.25, -0.2) is 4.79 Å². The van der Waals surface area contributed by atoms with Crippen LogP contribution in [-0.4, -0.2) is 19.0 Å². The predicted molar refractivity (Wildman–Crippen MR) is 132 cm³/mol. The SMILES string of the molecule is COC(=O)c1ccc2c(c1)NC(=O)C2=C(Nc1ccc(C(C)(C)N)c(Cl)c1)c1ccccc1. The number of fused-ring (bicyclic) bond motifs is 1. The van der Waals surface area contributed by atoms with Crippen LogP contribution in [0.2, 0.25) is 5.02 Å². The number of carbonyl (C=O) groups is 2. The summed E-state index contributed by atoms with van der Waals surface area (Å²) in [7, 11) is 1.32. The van der Waals surface area contributed by atoms with Crippen LogP contribution in [0, 0.1) is 0 Å². The summed E-state index contributed by atoms with van der Waals surface area (Å²) in [5.41, 5.74) is 10.7. The van der Waals surface area contributed by atoms with E-state index in [-0.39, 0.29) is 5.91 Å². The van der Waals surface area contributed by atoms with Crippen LogP contribution in [0.15, 0.2) is 66.7 Å². The summed E-state index contributed by atoms with van der Waals surface area (Å²) in [6.45, 7) is 3.78. The molecule has 7 heteroatoms. The Balaban J connectivity index is 1.84. The Bertz CT molecular complexity index is 1280. The Labute approximate surface area is 197 Å². The highest BCUT2D eigenvalue weighted by Gasteiger charge is 2.29. The van der Waals surface area contributed by atoms with Crippen molar-refractivity contribution in [1.29, 1.82) is 0 Å². The van der Waals surface area contributed by atoms with Gasteiger partial charge in [0.15, 0.2) is 0 Å². The molecular weight excluding hydrogens is 438 g/mol. The van der Waals surface area contributed by atoms with Crippen molar-refractivity contribution in [3.8, 4) is 0 Å². The highest BCUT2D eigenvalue weighted by atomic mass is 35.5. The molecule has 0 saturated heterocycles. The molecule has 0 saturated carbocycles. The van der Waals surface area contributed by atoms with Crippen LogP contribution >= 0.6 is 11.6 Å². The molecule has 168 valence electrons. The Hall–Kier alpha value is -3.61. The first-order chi connectivity index (χ1) is 15.7. The van der Waals surface area contributed by atoms with Crippen molar-refractivity contribution in [3.05, 3.63) is 94.0 Å². The van der Waals surface area contributed by atoms with E-state index in [1.165, 1.54) is 7.11 Å². The van der Waals surface area contributed by atoms with Crippen LogP contribution in [0.3, 0.4) is 0 Å². The van der Waals surface area contributed by atoms with Gasteiger partial charge < -0.3 is 21.1 Å². The second-order valence-electron chi connectivity index (χ2n) is 8.36. The molecule has 1 aliphatic heterocycles. The van der Waals surface area contributed by atoms with Crippen molar-refractivity contribution >= 4 is 46.1 Å². The molecule has 6 nitrogen and oxygen atoms in total. The zero-order valence-electron chi connectivity index (χ0n) is 18.5. The third-order valence-corrected chi connectivity index (χ3v) is 5.74. The molecule has 1 aliphatic rings. The number of rotatable bonds is 5. The Morgan fingerprint density at radius 2 is 1.76 bits per heavy atom. The molecule has 4 N–H and O–H groups in total. The average molecular weight is 462 g/mol. The van der Waals surface area contributed by atoms with Crippen molar-refractivity contribution in [2.24, 2.45) is 5.73 Å². The first-order valence-electron chi connectivity index (χ1n) is 10.4. The number of methoxy groups -OCH3 is 1. The lowest BCUT2D eigenvalue weighted by atomic mass is 9.95. The van der Waals surface area contributed by atoms with Gasteiger partial charge in [0, 0.05) is 21.8 Å². The topological polar surface area (TPSA) is 93.4 Å². The van der Waals surface area contributed by atoms with E-state index in [1.54, 1.807) is 24.3 Å². The standard InChI is InChI=1S/C26H24ClN3O3/c1-26(2,28)19-12-10-17(14-20(19)27)29-23(15-7-5-4-6-8-15)22-18-11-9-16(25(32)33-3)13-21(18)30-24(22)31/h4-14,29H,28H2,1-3H3,(H,30,31). The molecule has 0 aliphatic carbocycles. The van der Waals surface area contributed by atoms with Gasteiger partial charge in [-0.1, -0.05) is 54.1 Å². The molecule has 3 aromatic rings. The zero-order chi connectivity index (χ0) is 23.8. The fourth-order valence-corrected chi connectivity index (χ4v) is 4.23. The largest absolute Gasteiger partial charge is 0.465 e. The number of hydrogen-bond donors (Lipinski definition) is 3. The van der Waals surface area contributed by atoms with Crippen molar-refractivity contribution in [1.82, 2.24) is 0 Å². The fourth-order valence-electron chi connectivity index (χ4n) is 3.81. The summed E-state index contributed by atoms with van der Waals surface area (Å²) in [5, 5.41) is 6.77. The molecule has 4 rings (SSSR count). The van der Waals surface area contributed by atoms with Crippen molar-refractivity contribution < 1.29 is 14.3 Å². The summed E-state index contributed by atoms with van der Waals surface area (Å²) >= 11 is 6.51. The smallest absolute Gasteiger partial charge is 0.337 e. The van der Waals surface area contributed by atoms with Gasteiger partial charge in [0.05, 0.1) is 29.6 Å². The van der Waals surface area contributed by atoms with Crippen molar-refractivity contribution in [3.63, 3.8) is 0 Å². The third-order valence-electron chi connectivity index (χ3n) is 5.43. The number of carbonyl (C=O) groups excluding carboxylic acids is 2. The molecule has 1 heterocycles. The minimum atomic E-state index is -0.585. The minimum Gasteiger partial charge on any atom is -0.465 e. The summed E-state index contributed by atoms with van der Waals surface area (Å²) < 4.78 is 4.79. The molecular formula is C26H24ClN3O3. The summed E-state index contributed by atoms with van der Waals surface area (Å²) in [6, 6.07) is 20.1. The Morgan fingerprint density at radius 1 is 1.03 bits per heavy atom. The van der Waals surface area contributed by atoms with Crippen molar-refractivity contribution in [2.75, 3.05) is 17.7 Å². The van der Waals surface area contributed by atoms with Gasteiger partial charge in [-0.05, 0) is 49.2 Å². The molecule has 0 bridgehead atoms. The maximum Gasteiger partial charge on any atom is 0.337 e. The zero-order valence-corrected chi connectivity index (χ0v) is 19.3. The normalized spacial score (nSPS) is 14.4. The van der Waals surface area contributed by atoms with Gasteiger partial charge in [0.2, 0.25) is 0 Å². The molecule has 0 spiro atoms. The van der Waals surface area contributed by atoms with Gasteiger partial charge in [-0.2, -0.15) is 0 Å². The number of amides is 1. The van der Waals surface area contributed by atoms with E-state index >= 15 is 0 Å². The Kier molecular flexibility index (Phi) is 5.97. The van der Waals surface area contributed by atoms with Crippen molar-refractivity contribution in [2.45, 2.75) is 19.4 Å². The molecule has 0 aromatic heterocycles. The monoisotopic (exact) mass is 461 g/mol. The lowest BCUT2D eigenvalue weighted by molar-refractivity contribution is -0.110. The van der Waals surface area contributed by atoms with E-state index < -0.39 is 11.5 Å². The van der Waals surface area contributed by atoms with Crippen LogP contribution in [0.4, 0.5) is 11.4 Å². The molecule has 33 heavy (non-hydrogen) atoms. The maximum absolute atomic E-state index is 13.1. The first-order valence-corrected chi connectivity index (χ1v) is 10.8. The lowest BCUT2D eigenvalue weighted by Crippen LogP contribution is -2.28. The lowest BCUT2D eigenvalue weighted by Gasteiger charge is -2.22. The second-order valence-corrected chi connectivity index (χ2v) is 8.77. The van der Waals surface area contributed by atoms with E-state index in [9.17, 15) is 9.59 Å². The maximum atomic E-state index is 13.1. The van der Waals surface area contributed by atoms with Crippen LogP contribution in [0.5, 0.6) is 0 Å². The van der Waals surface area contributed by atoms with E-state index in [0.29, 0.717) is 38.8 Å². The van der Waals surface area contributed by atoms with Gasteiger partial charge in [0.25, 0.3) is 5.91 Å². The number of ether oxygens (including phenoxy) is 1. The summed E-state index contributed by atoms with van der Waals surface area (Å²) in [6.07, 6.45) is 0. The third kappa shape index (κ3) is 4.49. The number of anilines is 2. The molecule has 3 aromatic carbocycles. The molecule has 1 amide bonds. The average Bonchev–Trinajstić information content (AvgIpc) is 3.11. The first kappa shape index (κ1) is 22.6.